The van der Waals surface area contributed by atoms with Gasteiger partial charge in [-0.3, -0.25) is 0 Å². The van der Waals surface area contributed by atoms with Crippen LogP contribution in [0, 0.1) is 0 Å². The first-order chi connectivity index (χ1) is 30.7. The Bertz CT molecular complexity index is 3920. The van der Waals surface area contributed by atoms with Crippen molar-refractivity contribution in [2.45, 2.75) is 0 Å². The molecule has 0 aliphatic heterocycles. The van der Waals surface area contributed by atoms with Gasteiger partial charge in [-0.2, -0.15) is 0 Å². The van der Waals surface area contributed by atoms with Crippen molar-refractivity contribution in [1.82, 2.24) is 19.5 Å². The molecule has 13 aromatic rings. The summed E-state index contributed by atoms with van der Waals surface area (Å²) in [4.78, 5) is 15.2. The van der Waals surface area contributed by atoms with Crippen molar-refractivity contribution in [3.63, 3.8) is 0 Å². The van der Waals surface area contributed by atoms with Gasteiger partial charge < -0.3 is 8.98 Å². The number of fused-ring (bicyclic) bond motifs is 11. The fourth-order valence-electron chi connectivity index (χ4n) is 9.43. The van der Waals surface area contributed by atoms with E-state index in [0.717, 1.165) is 66.2 Å². The quantitative estimate of drug-likeness (QED) is 0.174. The number of aromatic nitrogens is 4. The molecule has 0 aliphatic rings. The minimum absolute atomic E-state index is 0.580. The summed E-state index contributed by atoms with van der Waals surface area (Å²) in [6.07, 6.45) is 0. The zero-order chi connectivity index (χ0) is 40.7. The predicted octanol–water partition coefficient (Wildman–Crippen LogP) is 15.0. The highest BCUT2D eigenvalue weighted by atomic mass is 16.3. The SMILES string of the molecule is c1ccc(-c2cccc(-c3nc(-c4ccccc4)nc(-c4ccc5c(c4)oc4c6ccccc6c(-n6c7cc8ccccc8cc7c7ccc8ccccc8c76)cc54)n3)c2)cc1. The molecule has 0 amide bonds. The number of rotatable bonds is 5. The Balaban J connectivity index is 1.03. The maximum atomic E-state index is 6.92. The second kappa shape index (κ2) is 13.6. The molecule has 10 aromatic carbocycles. The summed E-state index contributed by atoms with van der Waals surface area (Å²) in [7, 11) is 0. The van der Waals surface area contributed by atoms with Crippen LogP contribution in [0.25, 0.3) is 127 Å². The molecular weight excluding hydrogens is 757 g/mol. The Hall–Kier alpha value is -8.41. The van der Waals surface area contributed by atoms with E-state index in [9.17, 15) is 0 Å². The van der Waals surface area contributed by atoms with E-state index in [4.69, 9.17) is 19.4 Å². The molecule has 0 atom stereocenters. The number of hydrogen-bond donors (Lipinski definition) is 0. The Kier molecular flexibility index (Phi) is 7.54. The van der Waals surface area contributed by atoms with E-state index in [1.165, 1.54) is 43.4 Å². The summed E-state index contributed by atoms with van der Waals surface area (Å²) in [6.45, 7) is 0. The van der Waals surface area contributed by atoms with Crippen molar-refractivity contribution in [3.8, 4) is 51.0 Å². The second-order valence-electron chi connectivity index (χ2n) is 16.0. The highest BCUT2D eigenvalue weighted by Crippen LogP contribution is 2.44. The van der Waals surface area contributed by atoms with Gasteiger partial charge in [0.05, 0.1) is 16.7 Å². The van der Waals surface area contributed by atoms with Crippen LogP contribution in [0.4, 0.5) is 0 Å². The van der Waals surface area contributed by atoms with Gasteiger partial charge >= 0.3 is 0 Å². The van der Waals surface area contributed by atoms with Gasteiger partial charge in [0.15, 0.2) is 17.5 Å². The third-order valence-corrected chi connectivity index (χ3v) is 12.4. The van der Waals surface area contributed by atoms with Gasteiger partial charge in [-0.05, 0) is 63.7 Å². The molecule has 0 unspecified atom stereocenters. The lowest BCUT2D eigenvalue weighted by atomic mass is 10.0. The minimum atomic E-state index is 0.580. The van der Waals surface area contributed by atoms with Crippen molar-refractivity contribution >= 4 is 76.1 Å². The first-order valence-corrected chi connectivity index (χ1v) is 20.9. The number of benzene rings is 10. The zero-order valence-electron chi connectivity index (χ0n) is 33.3. The van der Waals surface area contributed by atoms with Crippen molar-refractivity contribution < 1.29 is 4.42 Å². The zero-order valence-corrected chi connectivity index (χ0v) is 33.3. The lowest BCUT2D eigenvalue weighted by molar-refractivity contribution is 0.672. The van der Waals surface area contributed by atoms with Crippen LogP contribution >= 0.6 is 0 Å². The van der Waals surface area contributed by atoms with E-state index >= 15 is 0 Å². The van der Waals surface area contributed by atoms with Crippen molar-refractivity contribution in [1.29, 1.82) is 0 Å². The van der Waals surface area contributed by atoms with Crippen molar-refractivity contribution in [2.75, 3.05) is 0 Å². The molecule has 0 radical (unpaired) electrons. The summed E-state index contributed by atoms with van der Waals surface area (Å²) in [5.74, 6) is 1.80. The molecular formula is C57H34N4O. The normalized spacial score (nSPS) is 11.9. The lowest BCUT2D eigenvalue weighted by Crippen LogP contribution is -2.00. The molecule has 0 saturated carbocycles. The Morgan fingerprint density at radius 1 is 0.323 bits per heavy atom. The summed E-state index contributed by atoms with van der Waals surface area (Å²) in [5.41, 5.74) is 10.0. The highest BCUT2D eigenvalue weighted by molar-refractivity contribution is 6.23. The highest BCUT2D eigenvalue weighted by Gasteiger charge is 2.22. The third-order valence-electron chi connectivity index (χ3n) is 12.4. The molecule has 0 N–H and O–H groups in total. The van der Waals surface area contributed by atoms with Crippen molar-refractivity contribution in [3.05, 3.63) is 206 Å². The van der Waals surface area contributed by atoms with Crippen LogP contribution in [0.3, 0.4) is 0 Å². The van der Waals surface area contributed by atoms with Gasteiger partial charge in [0.25, 0.3) is 0 Å². The number of nitrogens with zero attached hydrogens (tertiary/aromatic N) is 4. The Morgan fingerprint density at radius 3 is 1.68 bits per heavy atom. The van der Waals surface area contributed by atoms with Crippen LogP contribution in [0.15, 0.2) is 211 Å². The Labute approximate surface area is 355 Å². The molecule has 288 valence electrons. The predicted molar refractivity (Wildman–Crippen MR) is 256 cm³/mol. The molecule has 0 aliphatic carbocycles. The molecule has 5 heteroatoms. The van der Waals surface area contributed by atoms with Crippen LogP contribution in [0.5, 0.6) is 0 Å². The third kappa shape index (κ3) is 5.38. The monoisotopic (exact) mass is 790 g/mol. The molecule has 3 aromatic heterocycles. The first-order valence-electron chi connectivity index (χ1n) is 20.9. The van der Waals surface area contributed by atoms with E-state index in [1.807, 2.05) is 36.4 Å². The second-order valence-corrected chi connectivity index (χ2v) is 16.0. The molecule has 0 bridgehead atoms. The summed E-state index contributed by atoms with van der Waals surface area (Å²) >= 11 is 0. The average molecular weight is 791 g/mol. The molecule has 62 heavy (non-hydrogen) atoms. The topological polar surface area (TPSA) is 56.7 Å². The maximum absolute atomic E-state index is 6.92. The van der Waals surface area contributed by atoms with Gasteiger partial charge in [-0.25, -0.2) is 15.0 Å². The molecule has 0 spiro atoms. The average Bonchev–Trinajstić information content (AvgIpc) is 3.88. The largest absolute Gasteiger partial charge is 0.455 e. The fourth-order valence-corrected chi connectivity index (χ4v) is 9.43. The minimum Gasteiger partial charge on any atom is -0.455 e. The fraction of sp³-hybridized carbons (Fsp3) is 0. The van der Waals surface area contributed by atoms with Gasteiger partial charge in [-0.1, -0.05) is 170 Å². The van der Waals surface area contributed by atoms with Crippen LogP contribution in [-0.4, -0.2) is 19.5 Å². The van der Waals surface area contributed by atoms with Crippen molar-refractivity contribution in [2.24, 2.45) is 0 Å². The first kappa shape index (κ1) is 34.5. The Morgan fingerprint density at radius 2 is 0.903 bits per heavy atom. The molecule has 0 saturated heterocycles. The summed E-state index contributed by atoms with van der Waals surface area (Å²) < 4.78 is 9.40. The molecule has 5 nitrogen and oxygen atoms in total. The molecule has 3 heterocycles. The number of hydrogen-bond acceptors (Lipinski definition) is 4. The van der Waals surface area contributed by atoms with E-state index in [2.05, 4.69) is 174 Å². The van der Waals surface area contributed by atoms with Gasteiger partial charge in [-0.15, -0.1) is 0 Å². The summed E-state index contributed by atoms with van der Waals surface area (Å²) in [5, 5.41) is 11.6. The standard InChI is InChI=1S/C57H34N4O/c1-3-14-35(15-4-1)38-21-13-22-41(30-38)56-58-55(37-17-5-2-6-18-37)59-57(60-56)42-27-28-45-49-34-51(44-24-11-12-25-47(44)54(49)62-52(45)33-42)61-50-32-40-20-8-7-19-39(40)31-48(50)46-29-26-36-16-9-10-23-43(36)53(46)61/h1-34H. The van der Waals surface area contributed by atoms with Gasteiger partial charge in [0, 0.05) is 54.4 Å². The smallest absolute Gasteiger partial charge is 0.164 e. The maximum Gasteiger partial charge on any atom is 0.164 e. The van der Waals surface area contributed by atoms with E-state index in [-0.39, 0.29) is 0 Å². The van der Waals surface area contributed by atoms with Crippen LogP contribution < -0.4 is 0 Å². The van der Waals surface area contributed by atoms with E-state index in [1.54, 1.807) is 0 Å². The van der Waals surface area contributed by atoms with Crippen LogP contribution in [-0.2, 0) is 0 Å². The molecule has 13 rings (SSSR count). The summed E-state index contributed by atoms with van der Waals surface area (Å²) in [6, 6.07) is 72.8. The molecule has 0 fully saturated rings. The van der Waals surface area contributed by atoms with Gasteiger partial charge in [0.1, 0.15) is 11.2 Å². The number of furan rings is 1. The van der Waals surface area contributed by atoms with E-state index < -0.39 is 0 Å². The van der Waals surface area contributed by atoms with E-state index in [0.29, 0.717) is 17.5 Å². The van der Waals surface area contributed by atoms with Crippen LogP contribution in [0.2, 0.25) is 0 Å². The van der Waals surface area contributed by atoms with Crippen LogP contribution in [0.1, 0.15) is 0 Å². The van der Waals surface area contributed by atoms with Gasteiger partial charge in [0.2, 0.25) is 0 Å². The lowest BCUT2D eigenvalue weighted by Gasteiger charge is -2.14.